The van der Waals surface area contributed by atoms with Crippen LogP contribution < -0.4 is 19.1 Å². The maximum atomic E-state index is 13.7. The van der Waals surface area contributed by atoms with Crippen LogP contribution in [0.3, 0.4) is 0 Å². The second kappa shape index (κ2) is 13.5. The number of hydrogen-bond donors (Lipinski definition) is 1. The highest BCUT2D eigenvalue weighted by Crippen LogP contribution is 2.23. The number of nitrogens with one attached hydrogen (secondary N) is 1. The summed E-state index contributed by atoms with van der Waals surface area (Å²) in [6.07, 6.45) is 6.20. The normalized spacial score (nSPS) is 14.8. The number of nitrogens with zero attached hydrogens (tertiary/aromatic N) is 2. The number of amides is 2. The first-order valence-corrected chi connectivity index (χ1v) is 14.9. The third-order valence-electron chi connectivity index (χ3n) is 6.75. The zero-order chi connectivity index (χ0) is 27.7. The van der Waals surface area contributed by atoms with Crippen LogP contribution in [0.4, 0.5) is 5.69 Å². The Morgan fingerprint density at radius 3 is 2.16 bits per heavy atom. The Morgan fingerprint density at radius 2 is 1.61 bits per heavy atom. The average molecular weight is 546 g/mol. The second-order valence-corrected chi connectivity index (χ2v) is 11.5. The summed E-state index contributed by atoms with van der Waals surface area (Å²) in [5, 5.41) is 3.09. The SMILES string of the molecule is CCOc1ccc(N(CC(=O)N(Cc2ccc(OC)cc2)C(C)C(=O)NC2CCCCC2)S(C)(=O)=O)cc1. The van der Waals surface area contributed by atoms with Crippen molar-refractivity contribution in [1.29, 1.82) is 0 Å². The number of hydrogen-bond acceptors (Lipinski definition) is 6. The van der Waals surface area contributed by atoms with Gasteiger partial charge in [-0.1, -0.05) is 31.4 Å². The van der Waals surface area contributed by atoms with Gasteiger partial charge in [-0.3, -0.25) is 13.9 Å². The zero-order valence-electron chi connectivity index (χ0n) is 22.7. The molecule has 2 aromatic rings. The highest BCUT2D eigenvalue weighted by Gasteiger charge is 2.31. The van der Waals surface area contributed by atoms with Gasteiger partial charge in [-0.05, 0) is 68.7 Å². The van der Waals surface area contributed by atoms with Crippen molar-refractivity contribution in [2.75, 3.05) is 30.8 Å². The zero-order valence-corrected chi connectivity index (χ0v) is 23.5. The van der Waals surface area contributed by atoms with Crippen LogP contribution in [0.1, 0.15) is 51.5 Å². The van der Waals surface area contributed by atoms with Gasteiger partial charge in [0.1, 0.15) is 24.1 Å². The predicted octanol–water partition coefficient (Wildman–Crippen LogP) is 3.73. The molecule has 1 aliphatic rings. The van der Waals surface area contributed by atoms with Crippen molar-refractivity contribution in [3.8, 4) is 11.5 Å². The lowest BCUT2D eigenvalue weighted by Crippen LogP contribution is -2.52. The molecule has 1 aliphatic carbocycles. The van der Waals surface area contributed by atoms with Gasteiger partial charge in [-0.2, -0.15) is 0 Å². The van der Waals surface area contributed by atoms with Gasteiger partial charge in [0.2, 0.25) is 21.8 Å². The monoisotopic (exact) mass is 545 g/mol. The molecule has 0 saturated heterocycles. The molecule has 2 amide bonds. The summed E-state index contributed by atoms with van der Waals surface area (Å²) < 4.78 is 37.2. The van der Waals surface area contributed by atoms with Gasteiger partial charge in [-0.15, -0.1) is 0 Å². The largest absolute Gasteiger partial charge is 0.497 e. The fourth-order valence-corrected chi connectivity index (χ4v) is 5.42. The second-order valence-electron chi connectivity index (χ2n) is 9.59. The van der Waals surface area contributed by atoms with Crippen LogP contribution in [0.15, 0.2) is 48.5 Å². The molecule has 38 heavy (non-hydrogen) atoms. The molecule has 1 N–H and O–H groups in total. The number of rotatable bonds is 12. The molecule has 0 aromatic heterocycles. The molecule has 0 heterocycles. The minimum atomic E-state index is -3.79. The summed E-state index contributed by atoms with van der Waals surface area (Å²) in [5.74, 6) is 0.552. The lowest BCUT2D eigenvalue weighted by molar-refractivity contribution is -0.139. The third-order valence-corrected chi connectivity index (χ3v) is 7.89. The lowest BCUT2D eigenvalue weighted by Gasteiger charge is -2.33. The van der Waals surface area contributed by atoms with Crippen LogP contribution in [-0.2, 0) is 26.2 Å². The molecule has 2 aromatic carbocycles. The van der Waals surface area contributed by atoms with Crippen molar-refractivity contribution in [2.45, 2.75) is 64.6 Å². The van der Waals surface area contributed by atoms with Gasteiger partial charge in [-0.25, -0.2) is 8.42 Å². The fourth-order valence-electron chi connectivity index (χ4n) is 4.57. The highest BCUT2D eigenvalue weighted by molar-refractivity contribution is 7.92. The van der Waals surface area contributed by atoms with Crippen molar-refractivity contribution in [3.63, 3.8) is 0 Å². The van der Waals surface area contributed by atoms with E-state index in [-0.39, 0.29) is 18.5 Å². The standard InChI is InChI=1S/C28H39N3O6S/c1-5-37-26-17-13-24(14-18-26)31(38(4,34)35)20-27(32)30(19-22-11-15-25(36-3)16-12-22)21(2)28(33)29-23-9-7-6-8-10-23/h11-18,21,23H,5-10,19-20H2,1-4H3,(H,29,33). The molecular formula is C28H39N3O6S. The number of sulfonamides is 1. The van der Waals surface area contributed by atoms with Crippen LogP contribution >= 0.6 is 0 Å². The van der Waals surface area contributed by atoms with Gasteiger partial charge in [0, 0.05) is 12.6 Å². The van der Waals surface area contributed by atoms with Gasteiger partial charge in [0.25, 0.3) is 0 Å². The Balaban J connectivity index is 1.85. The van der Waals surface area contributed by atoms with Gasteiger partial charge in [0.15, 0.2) is 0 Å². The smallest absolute Gasteiger partial charge is 0.244 e. The van der Waals surface area contributed by atoms with E-state index in [1.165, 1.54) is 4.90 Å². The number of benzene rings is 2. The van der Waals surface area contributed by atoms with Crippen molar-refractivity contribution >= 4 is 27.5 Å². The molecule has 0 bridgehead atoms. The third kappa shape index (κ3) is 8.11. The van der Waals surface area contributed by atoms with Gasteiger partial charge >= 0.3 is 0 Å². The van der Waals surface area contributed by atoms with E-state index in [4.69, 9.17) is 9.47 Å². The topological polar surface area (TPSA) is 105 Å². The summed E-state index contributed by atoms with van der Waals surface area (Å²) >= 11 is 0. The van der Waals surface area contributed by atoms with E-state index in [2.05, 4.69) is 5.32 Å². The van der Waals surface area contributed by atoms with Crippen LogP contribution in [0.5, 0.6) is 11.5 Å². The Hall–Kier alpha value is -3.27. The summed E-state index contributed by atoms with van der Waals surface area (Å²) in [6, 6.07) is 13.0. The molecule has 9 nitrogen and oxygen atoms in total. The Bertz CT molecular complexity index is 1160. The molecule has 0 spiro atoms. The van der Waals surface area contributed by atoms with Crippen LogP contribution in [-0.4, -0.2) is 63.7 Å². The Morgan fingerprint density at radius 1 is 1.00 bits per heavy atom. The van der Waals surface area contributed by atoms with E-state index in [0.29, 0.717) is 23.8 Å². The van der Waals surface area contributed by atoms with Crippen molar-refractivity contribution in [3.05, 3.63) is 54.1 Å². The van der Waals surface area contributed by atoms with Gasteiger partial charge < -0.3 is 19.7 Å². The summed E-state index contributed by atoms with van der Waals surface area (Å²) in [4.78, 5) is 28.4. The minimum Gasteiger partial charge on any atom is -0.497 e. The van der Waals surface area contributed by atoms with Gasteiger partial charge in [0.05, 0.1) is 25.7 Å². The predicted molar refractivity (Wildman–Crippen MR) is 148 cm³/mol. The minimum absolute atomic E-state index is 0.0908. The number of methoxy groups -OCH3 is 1. The summed E-state index contributed by atoms with van der Waals surface area (Å²) in [6.45, 7) is 3.72. The number of carbonyl (C=O) groups excluding carboxylic acids is 2. The molecule has 10 heteroatoms. The van der Waals surface area contributed by atoms with Crippen LogP contribution in [0, 0.1) is 0 Å². The number of carbonyl (C=O) groups is 2. The maximum Gasteiger partial charge on any atom is 0.244 e. The van der Waals surface area contributed by atoms with E-state index in [1.807, 2.05) is 19.1 Å². The first kappa shape index (κ1) is 29.3. The fraction of sp³-hybridized carbons (Fsp3) is 0.500. The first-order chi connectivity index (χ1) is 18.1. The maximum absolute atomic E-state index is 13.7. The quantitative estimate of drug-likeness (QED) is 0.436. The molecular weight excluding hydrogens is 506 g/mol. The molecule has 1 unspecified atom stereocenters. The van der Waals surface area contributed by atoms with Crippen molar-refractivity contribution in [1.82, 2.24) is 10.2 Å². The van der Waals surface area contributed by atoms with Crippen LogP contribution in [0.25, 0.3) is 0 Å². The Kier molecular flexibility index (Phi) is 10.4. The van der Waals surface area contributed by atoms with Crippen molar-refractivity contribution < 1.29 is 27.5 Å². The Labute approximate surface area is 226 Å². The van der Waals surface area contributed by atoms with E-state index in [9.17, 15) is 18.0 Å². The highest BCUT2D eigenvalue weighted by atomic mass is 32.2. The average Bonchev–Trinajstić information content (AvgIpc) is 2.91. The molecule has 208 valence electrons. The molecule has 1 atom stereocenters. The summed E-state index contributed by atoms with van der Waals surface area (Å²) in [5.41, 5.74) is 1.14. The lowest BCUT2D eigenvalue weighted by atomic mass is 9.95. The van der Waals surface area contributed by atoms with Crippen molar-refractivity contribution in [2.24, 2.45) is 0 Å². The van der Waals surface area contributed by atoms with E-state index in [0.717, 1.165) is 48.2 Å². The number of anilines is 1. The molecule has 1 fully saturated rings. The molecule has 0 aliphatic heterocycles. The van der Waals surface area contributed by atoms with Crippen LogP contribution in [0.2, 0.25) is 0 Å². The molecule has 3 rings (SSSR count). The first-order valence-electron chi connectivity index (χ1n) is 13.1. The molecule has 0 radical (unpaired) electrons. The van der Waals surface area contributed by atoms with E-state index < -0.39 is 28.5 Å². The van der Waals surface area contributed by atoms with E-state index in [1.54, 1.807) is 50.4 Å². The van der Waals surface area contributed by atoms with E-state index >= 15 is 0 Å². The number of ether oxygens (including phenoxy) is 2. The summed E-state index contributed by atoms with van der Waals surface area (Å²) in [7, 11) is -2.22. The molecule has 1 saturated carbocycles.